The standard InChI is InChI=1S/C13H21N/c1-5-6-12(10(2)3)13-9-14-8-7-11(13)4/h7-10,12H,5-6H2,1-4H3. The minimum atomic E-state index is 0.675. The second kappa shape index (κ2) is 5.14. The summed E-state index contributed by atoms with van der Waals surface area (Å²) in [6, 6.07) is 2.11. The van der Waals surface area contributed by atoms with Crippen molar-refractivity contribution in [2.75, 3.05) is 0 Å². The highest BCUT2D eigenvalue weighted by atomic mass is 14.6. The second-order valence-corrected chi connectivity index (χ2v) is 4.37. The Balaban J connectivity index is 2.93. The SMILES string of the molecule is CCCC(c1cnccc1C)C(C)C. The quantitative estimate of drug-likeness (QED) is 0.702. The maximum atomic E-state index is 4.23. The van der Waals surface area contributed by atoms with Gasteiger partial charge in [-0.1, -0.05) is 27.2 Å². The van der Waals surface area contributed by atoms with E-state index >= 15 is 0 Å². The fraction of sp³-hybridized carbons (Fsp3) is 0.615. The molecule has 1 unspecified atom stereocenters. The van der Waals surface area contributed by atoms with Gasteiger partial charge in [-0.2, -0.15) is 0 Å². The van der Waals surface area contributed by atoms with Crippen molar-refractivity contribution in [1.82, 2.24) is 4.98 Å². The van der Waals surface area contributed by atoms with Crippen LogP contribution in [0, 0.1) is 12.8 Å². The summed E-state index contributed by atoms with van der Waals surface area (Å²) in [4.78, 5) is 4.23. The summed E-state index contributed by atoms with van der Waals surface area (Å²) in [5, 5.41) is 0. The molecule has 0 radical (unpaired) electrons. The lowest BCUT2D eigenvalue weighted by Crippen LogP contribution is -2.08. The molecule has 1 aromatic heterocycles. The molecular weight excluding hydrogens is 170 g/mol. The van der Waals surface area contributed by atoms with Gasteiger partial charge in [0.1, 0.15) is 0 Å². The summed E-state index contributed by atoms with van der Waals surface area (Å²) < 4.78 is 0. The zero-order chi connectivity index (χ0) is 10.6. The molecule has 0 bridgehead atoms. The van der Waals surface area contributed by atoms with Gasteiger partial charge in [0, 0.05) is 12.4 Å². The molecular formula is C13H21N. The van der Waals surface area contributed by atoms with Crippen LogP contribution in [0.3, 0.4) is 0 Å². The third-order valence-corrected chi connectivity index (χ3v) is 2.88. The number of rotatable bonds is 4. The number of hydrogen-bond acceptors (Lipinski definition) is 1. The normalized spacial score (nSPS) is 13.2. The molecule has 1 atom stereocenters. The molecule has 0 saturated carbocycles. The van der Waals surface area contributed by atoms with E-state index in [1.807, 2.05) is 12.4 Å². The van der Waals surface area contributed by atoms with Gasteiger partial charge in [0.15, 0.2) is 0 Å². The zero-order valence-electron chi connectivity index (χ0n) is 9.75. The zero-order valence-corrected chi connectivity index (χ0v) is 9.75. The van der Waals surface area contributed by atoms with Crippen LogP contribution in [-0.4, -0.2) is 4.98 Å². The molecule has 0 aliphatic rings. The summed E-state index contributed by atoms with van der Waals surface area (Å²) in [6.07, 6.45) is 6.43. The Morgan fingerprint density at radius 2 is 2.07 bits per heavy atom. The van der Waals surface area contributed by atoms with Crippen LogP contribution in [0.15, 0.2) is 18.5 Å². The van der Waals surface area contributed by atoms with E-state index in [9.17, 15) is 0 Å². The van der Waals surface area contributed by atoms with E-state index in [0.29, 0.717) is 11.8 Å². The molecule has 14 heavy (non-hydrogen) atoms. The Bertz CT molecular complexity index is 278. The van der Waals surface area contributed by atoms with E-state index in [4.69, 9.17) is 0 Å². The molecule has 1 nitrogen and oxygen atoms in total. The molecule has 1 aromatic rings. The predicted octanol–water partition coefficient (Wildman–Crippen LogP) is 3.93. The molecule has 0 spiro atoms. The van der Waals surface area contributed by atoms with E-state index in [1.165, 1.54) is 24.0 Å². The summed E-state index contributed by atoms with van der Waals surface area (Å²) in [5.41, 5.74) is 2.82. The summed E-state index contributed by atoms with van der Waals surface area (Å²) in [6.45, 7) is 9.03. The largest absolute Gasteiger partial charge is 0.264 e. The Labute approximate surface area is 87.6 Å². The van der Waals surface area contributed by atoms with Gasteiger partial charge in [-0.05, 0) is 42.4 Å². The average Bonchev–Trinajstić information content (AvgIpc) is 2.15. The molecule has 1 heterocycles. The van der Waals surface area contributed by atoms with Crippen molar-refractivity contribution in [3.05, 3.63) is 29.6 Å². The van der Waals surface area contributed by atoms with Crippen molar-refractivity contribution >= 4 is 0 Å². The van der Waals surface area contributed by atoms with Gasteiger partial charge in [-0.15, -0.1) is 0 Å². The topological polar surface area (TPSA) is 12.9 Å². The minimum absolute atomic E-state index is 0.675. The fourth-order valence-corrected chi connectivity index (χ4v) is 2.02. The number of aromatic nitrogens is 1. The first-order valence-electron chi connectivity index (χ1n) is 5.57. The lowest BCUT2D eigenvalue weighted by molar-refractivity contribution is 0.460. The highest BCUT2D eigenvalue weighted by Gasteiger charge is 2.16. The van der Waals surface area contributed by atoms with Crippen LogP contribution in [-0.2, 0) is 0 Å². The van der Waals surface area contributed by atoms with Gasteiger partial charge in [0.2, 0.25) is 0 Å². The van der Waals surface area contributed by atoms with Crippen LogP contribution in [0.5, 0.6) is 0 Å². The molecule has 0 saturated heterocycles. The van der Waals surface area contributed by atoms with E-state index in [2.05, 4.69) is 38.7 Å². The number of aryl methyl sites for hydroxylation is 1. The van der Waals surface area contributed by atoms with Crippen molar-refractivity contribution in [2.24, 2.45) is 5.92 Å². The van der Waals surface area contributed by atoms with E-state index in [1.54, 1.807) is 0 Å². The van der Waals surface area contributed by atoms with Crippen molar-refractivity contribution < 1.29 is 0 Å². The van der Waals surface area contributed by atoms with Crippen molar-refractivity contribution in [2.45, 2.75) is 46.5 Å². The molecule has 0 aromatic carbocycles. The molecule has 0 aliphatic heterocycles. The summed E-state index contributed by atoms with van der Waals surface area (Å²) in [5.74, 6) is 1.38. The Hall–Kier alpha value is -0.850. The van der Waals surface area contributed by atoms with Gasteiger partial charge in [0.05, 0.1) is 0 Å². The first-order chi connectivity index (χ1) is 6.66. The van der Waals surface area contributed by atoms with Crippen molar-refractivity contribution in [1.29, 1.82) is 0 Å². The molecule has 0 fully saturated rings. The third kappa shape index (κ3) is 2.57. The lowest BCUT2D eigenvalue weighted by Gasteiger charge is -2.22. The molecule has 0 N–H and O–H groups in total. The average molecular weight is 191 g/mol. The fourth-order valence-electron chi connectivity index (χ4n) is 2.02. The third-order valence-electron chi connectivity index (χ3n) is 2.88. The number of pyridine rings is 1. The molecule has 0 amide bonds. The van der Waals surface area contributed by atoms with E-state index in [-0.39, 0.29) is 0 Å². The number of hydrogen-bond donors (Lipinski definition) is 0. The highest BCUT2D eigenvalue weighted by molar-refractivity contribution is 5.25. The molecule has 1 heteroatoms. The Kier molecular flexibility index (Phi) is 4.12. The van der Waals surface area contributed by atoms with Crippen LogP contribution in [0.25, 0.3) is 0 Å². The monoisotopic (exact) mass is 191 g/mol. The van der Waals surface area contributed by atoms with Crippen LogP contribution < -0.4 is 0 Å². The van der Waals surface area contributed by atoms with Crippen LogP contribution in [0.2, 0.25) is 0 Å². The molecule has 0 aliphatic carbocycles. The summed E-state index contributed by atoms with van der Waals surface area (Å²) in [7, 11) is 0. The smallest absolute Gasteiger partial charge is 0.0305 e. The van der Waals surface area contributed by atoms with Crippen LogP contribution in [0.4, 0.5) is 0 Å². The highest BCUT2D eigenvalue weighted by Crippen LogP contribution is 2.30. The van der Waals surface area contributed by atoms with Crippen molar-refractivity contribution in [3.8, 4) is 0 Å². The van der Waals surface area contributed by atoms with Crippen LogP contribution >= 0.6 is 0 Å². The maximum Gasteiger partial charge on any atom is 0.0305 e. The van der Waals surface area contributed by atoms with Crippen LogP contribution in [0.1, 0.15) is 50.7 Å². The molecule has 78 valence electrons. The first kappa shape index (κ1) is 11.2. The van der Waals surface area contributed by atoms with Gasteiger partial charge in [-0.3, -0.25) is 4.98 Å². The lowest BCUT2D eigenvalue weighted by atomic mass is 9.84. The van der Waals surface area contributed by atoms with Gasteiger partial charge >= 0.3 is 0 Å². The van der Waals surface area contributed by atoms with Gasteiger partial charge in [-0.25, -0.2) is 0 Å². The minimum Gasteiger partial charge on any atom is -0.264 e. The summed E-state index contributed by atoms with van der Waals surface area (Å²) >= 11 is 0. The maximum absolute atomic E-state index is 4.23. The van der Waals surface area contributed by atoms with Crippen molar-refractivity contribution in [3.63, 3.8) is 0 Å². The van der Waals surface area contributed by atoms with Gasteiger partial charge in [0.25, 0.3) is 0 Å². The number of nitrogens with zero attached hydrogens (tertiary/aromatic N) is 1. The van der Waals surface area contributed by atoms with Gasteiger partial charge < -0.3 is 0 Å². The Morgan fingerprint density at radius 1 is 1.36 bits per heavy atom. The molecule has 1 rings (SSSR count). The first-order valence-corrected chi connectivity index (χ1v) is 5.57. The Morgan fingerprint density at radius 3 is 2.57 bits per heavy atom. The predicted molar refractivity (Wildman–Crippen MR) is 61.5 cm³/mol. The second-order valence-electron chi connectivity index (χ2n) is 4.37. The van der Waals surface area contributed by atoms with E-state index in [0.717, 1.165) is 0 Å². The van der Waals surface area contributed by atoms with E-state index < -0.39 is 0 Å².